The molecule has 0 unspecified atom stereocenters. The van der Waals surface area contributed by atoms with E-state index in [0.29, 0.717) is 6.54 Å². The van der Waals surface area contributed by atoms with Crippen molar-refractivity contribution in [2.75, 3.05) is 6.54 Å². The molecule has 4 heteroatoms. The van der Waals surface area contributed by atoms with Crippen molar-refractivity contribution >= 4 is 28.1 Å². The van der Waals surface area contributed by atoms with Crippen LogP contribution in [0.25, 0.3) is 10.9 Å². The first-order valence-electron chi connectivity index (χ1n) is 8.14. The Bertz CT molecular complexity index is 890. The quantitative estimate of drug-likeness (QED) is 0.749. The van der Waals surface area contributed by atoms with Crippen LogP contribution < -0.4 is 0 Å². The fourth-order valence-electron chi connectivity index (χ4n) is 3.47. The van der Waals surface area contributed by atoms with Crippen LogP contribution in [0.3, 0.4) is 0 Å². The molecule has 0 saturated carbocycles. The predicted octanol–water partition coefficient (Wildman–Crippen LogP) is 4.30. The fourth-order valence-corrected chi connectivity index (χ4v) is 4.55. The van der Waals surface area contributed by atoms with Gasteiger partial charge in [-0.25, -0.2) is 0 Å². The minimum atomic E-state index is 0.175. The van der Waals surface area contributed by atoms with E-state index in [1.54, 1.807) is 11.3 Å². The zero-order valence-corrected chi connectivity index (χ0v) is 14.3. The summed E-state index contributed by atoms with van der Waals surface area (Å²) in [5.41, 5.74) is 5.03. The van der Waals surface area contributed by atoms with Gasteiger partial charge in [-0.2, -0.15) is 0 Å². The Morgan fingerprint density at radius 2 is 2.17 bits per heavy atom. The van der Waals surface area contributed by atoms with E-state index in [1.165, 1.54) is 32.6 Å². The summed E-state index contributed by atoms with van der Waals surface area (Å²) in [5.74, 6) is 0.175. The number of H-pyrrole nitrogens is 1. The third kappa shape index (κ3) is 2.38. The van der Waals surface area contributed by atoms with E-state index in [1.807, 2.05) is 11.0 Å². The molecule has 1 amide bonds. The number of carbonyl (C=O) groups is 1. The van der Waals surface area contributed by atoms with Crippen molar-refractivity contribution in [3.63, 3.8) is 0 Å². The average Bonchev–Trinajstić information content (AvgIpc) is 3.13. The predicted molar refractivity (Wildman–Crippen MR) is 95.2 cm³/mol. The minimum absolute atomic E-state index is 0.175. The van der Waals surface area contributed by atoms with E-state index < -0.39 is 0 Å². The molecule has 3 nitrogen and oxygen atoms in total. The molecule has 1 N–H and O–H groups in total. The van der Waals surface area contributed by atoms with Gasteiger partial charge in [0.25, 0.3) is 5.91 Å². The maximum absolute atomic E-state index is 12.9. The molecule has 0 bridgehead atoms. The molecule has 0 fully saturated rings. The van der Waals surface area contributed by atoms with E-state index in [9.17, 15) is 4.79 Å². The maximum Gasteiger partial charge on any atom is 0.264 e. The van der Waals surface area contributed by atoms with E-state index in [4.69, 9.17) is 0 Å². The smallest absolute Gasteiger partial charge is 0.264 e. The second-order valence-corrected chi connectivity index (χ2v) is 7.41. The number of nitrogens with zero attached hydrogens (tertiary/aromatic N) is 1. The molecule has 0 spiro atoms. The minimum Gasteiger partial charge on any atom is -0.358 e. The van der Waals surface area contributed by atoms with Crippen molar-refractivity contribution in [1.29, 1.82) is 0 Å². The number of aromatic amines is 1. The Kier molecular flexibility index (Phi) is 3.49. The summed E-state index contributed by atoms with van der Waals surface area (Å²) in [6.07, 6.45) is 1.89. The Balaban J connectivity index is 1.65. The van der Waals surface area contributed by atoms with E-state index in [0.717, 1.165) is 24.3 Å². The number of thiophene rings is 1. The zero-order chi connectivity index (χ0) is 16.0. The largest absolute Gasteiger partial charge is 0.358 e. The van der Waals surface area contributed by atoms with Gasteiger partial charge in [-0.3, -0.25) is 4.79 Å². The first kappa shape index (κ1) is 14.5. The van der Waals surface area contributed by atoms with E-state index >= 15 is 0 Å². The Hall–Kier alpha value is -2.07. The Morgan fingerprint density at radius 3 is 2.96 bits per heavy atom. The van der Waals surface area contributed by atoms with Crippen LogP contribution in [-0.2, 0) is 19.4 Å². The number of amides is 1. The van der Waals surface area contributed by atoms with Gasteiger partial charge in [0, 0.05) is 46.5 Å². The number of aromatic nitrogens is 1. The van der Waals surface area contributed by atoms with Gasteiger partial charge >= 0.3 is 0 Å². The number of hydrogen-bond acceptors (Lipinski definition) is 2. The highest BCUT2D eigenvalue weighted by Crippen LogP contribution is 2.30. The molecule has 1 aliphatic heterocycles. The van der Waals surface area contributed by atoms with Gasteiger partial charge in [0.1, 0.15) is 0 Å². The molecular formula is C19H20N2OS. The number of carbonyl (C=O) groups excluding carboxylic acids is 1. The molecule has 3 aromatic rings. The third-order valence-corrected chi connectivity index (χ3v) is 5.86. The summed E-state index contributed by atoms with van der Waals surface area (Å²) in [7, 11) is 0. The van der Waals surface area contributed by atoms with Crippen molar-refractivity contribution in [3.8, 4) is 0 Å². The lowest BCUT2D eigenvalue weighted by Gasteiger charge is -2.26. The molecule has 118 valence electrons. The van der Waals surface area contributed by atoms with Gasteiger partial charge in [0.2, 0.25) is 0 Å². The first-order valence-corrected chi connectivity index (χ1v) is 8.96. The number of hydrogen-bond donors (Lipinski definition) is 1. The average molecular weight is 324 g/mol. The van der Waals surface area contributed by atoms with Crippen molar-refractivity contribution in [1.82, 2.24) is 9.88 Å². The number of benzene rings is 1. The van der Waals surface area contributed by atoms with Gasteiger partial charge in [-0.05, 0) is 31.0 Å². The molecule has 0 radical (unpaired) electrons. The Morgan fingerprint density at radius 1 is 1.35 bits per heavy atom. The van der Waals surface area contributed by atoms with Crippen LogP contribution in [0.5, 0.6) is 0 Å². The zero-order valence-electron chi connectivity index (χ0n) is 13.5. The molecular weight excluding hydrogens is 304 g/mol. The van der Waals surface area contributed by atoms with Crippen LogP contribution in [0, 0.1) is 6.92 Å². The monoisotopic (exact) mass is 324 g/mol. The molecule has 2 aromatic heterocycles. The number of rotatable bonds is 2. The van der Waals surface area contributed by atoms with Crippen LogP contribution in [0.1, 0.15) is 38.3 Å². The van der Waals surface area contributed by atoms with Gasteiger partial charge in [0.05, 0.1) is 4.88 Å². The van der Waals surface area contributed by atoms with Crippen LogP contribution in [-0.4, -0.2) is 22.3 Å². The summed E-state index contributed by atoms with van der Waals surface area (Å²) in [6, 6.07) is 10.4. The van der Waals surface area contributed by atoms with Gasteiger partial charge < -0.3 is 9.88 Å². The molecule has 0 aliphatic carbocycles. The topological polar surface area (TPSA) is 36.1 Å². The second-order valence-electron chi connectivity index (χ2n) is 6.15. The highest BCUT2D eigenvalue weighted by atomic mass is 32.1. The van der Waals surface area contributed by atoms with Crippen molar-refractivity contribution in [3.05, 3.63) is 56.9 Å². The highest BCUT2D eigenvalue weighted by Gasteiger charge is 2.25. The van der Waals surface area contributed by atoms with Crippen LogP contribution in [0.4, 0.5) is 0 Å². The molecule has 4 rings (SSSR count). The summed E-state index contributed by atoms with van der Waals surface area (Å²) >= 11 is 1.63. The molecule has 1 aromatic carbocycles. The first-order chi connectivity index (χ1) is 11.2. The summed E-state index contributed by atoms with van der Waals surface area (Å²) in [4.78, 5) is 20.5. The lowest BCUT2D eigenvalue weighted by atomic mass is 10.0. The number of para-hydroxylation sites is 1. The van der Waals surface area contributed by atoms with E-state index in [-0.39, 0.29) is 5.91 Å². The summed E-state index contributed by atoms with van der Waals surface area (Å²) < 4.78 is 0. The maximum atomic E-state index is 12.9. The third-order valence-electron chi connectivity index (χ3n) is 4.78. The molecule has 3 heterocycles. The molecule has 0 saturated heterocycles. The SMILES string of the molecule is CCc1cc(C(=O)N2CCc3[nH]c4ccccc4c3C2)sc1C. The normalized spacial score (nSPS) is 14.3. The van der Waals surface area contributed by atoms with Crippen molar-refractivity contribution < 1.29 is 4.79 Å². The van der Waals surface area contributed by atoms with Gasteiger partial charge in [-0.15, -0.1) is 11.3 Å². The number of nitrogens with one attached hydrogen (secondary N) is 1. The van der Waals surface area contributed by atoms with E-state index in [2.05, 4.69) is 43.1 Å². The fraction of sp³-hybridized carbons (Fsp3) is 0.316. The molecule has 1 aliphatic rings. The Labute approximate surface area is 139 Å². The lowest BCUT2D eigenvalue weighted by Crippen LogP contribution is -2.35. The summed E-state index contributed by atoms with van der Waals surface area (Å²) in [5, 5.41) is 1.25. The standard InChI is InChI=1S/C19H20N2OS/c1-3-13-10-18(23-12(13)2)19(22)21-9-8-17-15(11-21)14-6-4-5-7-16(14)20-17/h4-7,10,20H,3,8-9,11H2,1-2H3. The van der Waals surface area contributed by atoms with Crippen LogP contribution >= 0.6 is 11.3 Å². The highest BCUT2D eigenvalue weighted by molar-refractivity contribution is 7.14. The van der Waals surface area contributed by atoms with Crippen LogP contribution in [0.2, 0.25) is 0 Å². The van der Waals surface area contributed by atoms with Gasteiger partial charge in [-0.1, -0.05) is 25.1 Å². The van der Waals surface area contributed by atoms with Gasteiger partial charge in [0.15, 0.2) is 0 Å². The van der Waals surface area contributed by atoms with Crippen molar-refractivity contribution in [2.24, 2.45) is 0 Å². The molecule has 23 heavy (non-hydrogen) atoms. The number of aryl methyl sites for hydroxylation is 2. The van der Waals surface area contributed by atoms with Crippen molar-refractivity contribution in [2.45, 2.75) is 33.2 Å². The van der Waals surface area contributed by atoms with Crippen LogP contribution in [0.15, 0.2) is 30.3 Å². The second kappa shape index (κ2) is 5.53. The lowest BCUT2D eigenvalue weighted by molar-refractivity contribution is 0.0740. The summed E-state index contributed by atoms with van der Waals surface area (Å²) in [6.45, 7) is 5.74. The molecule has 0 atom stereocenters. The number of fused-ring (bicyclic) bond motifs is 3.